The zero-order valence-corrected chi connectivity index (χ0v) is 27.8. The van der Waals surface area contributed by atoms with Gasteiger partial charge in [-0.05, 0) is 86.4 Å². The monoisotopic (exact) mass is 718 g/mol. The summed E-state index contributed by atoms with van der Waals surface area (Å²) in [5, 5.41) is 0. The average Bonchev–Trinajstić information content (AvgIpc) is 3.51. The summed E-state index contributed by atoms with van der Waals surface area (Å²) < 4.78 is 89.3. The third-order valence-corrected chi connectivity index (χ3v) is 9.11. The van der Waals surface area contributed by atoms with Crippen molar-refractivity contribution in [1.29, 1.82) is 0 Å². The first-order valence-corrected chi connectivity index (χ1v) is 17.0. The summed E-state index contributed by atoms with van der Waals surface area (Å²) in [5.74, 6) is 1.87. The second kappa shape index (κ2) is 15.3. The average molecular weight is 720 g/mol. The van der Waals surface area contributed by atoms with Crippen LogP contribution in [-0.2, 0) is 18.9 Å². The molecule has 1 aliphatic carbocycles. The van der Waals surface area contributed by atoms with Crippen LogP contribution < -0.4 is 14.5 Å². The third kappa shape index (κ3) is 9.43. The molecule has 0 spiro atoms. The fraction of sp³-hybridized carbons (Fsp3) is 0.500. The second-order valence-electron chi connectivity index (χ2n) is 11.2. The Hall–Kier alpha value is -2.67. The van der Waals surface area contributed by atoms with Gasteiger partial charge in [-0.25, -0.2) is 9.97 Å². The van der Waals surface area contributed by atoms with Crippen molar-refractivity contribution in [3.05, 3.63) is 75.5 Å². The third-order valence-electron chi connectivity index (χ3n) is 8.05. The van der Waals surface area contributed by atoms with E-state index in [0.29, 0.717) is 18.3 Å². The van der Waals surface area contributed by atoms with Crippen molar-refractivity contribution in [2.75, 3.05) is 41.5 Å². The Balaban J connectivity index is 1.78. The molecule has 3 aromatic rings. The number of benzene rings is 2. The summed E-state index contributed by atoms with van der Waals surface area (Å²) >= 11 is 5.16. The van der Waals surface area contributed by atoms with Gasteiger partial charge in [-0.3, -0.25) is 0 Å². The summed E-state index contributed by atoms with van der Waals surface area (Å²) in [6.45, 7) is 5.80. The topological polar surface area (TPSA) is 41.5 Å². The summed E-state index contributed by atoms with van der Waals surface area (Å²) in [6.07, 6.45) is -0.338. The van der Waals surface area contributed by atoms with Gasteiger partial charge in [0.25, 0.3) is 0 Å². The van der Waals surface area contributed by atoms with Gasteiger partial charge in [-0.15, -0.1) is 0 Å². The van der Waals surface area contributed by atoms with E-state index in [9.17, 15) is 26.3 Å². The van der Waals surface area contributed by atoms with Crippen molar-refractivity contribution in [1.82, 2.24) is 9.97 Å². The number of nitrogens with zero attached hydrogens (tertiary/aromatic N) is 4. The Labute approximate surface area is 272 Å². The zero-order chi connectivity index (χ0) is 32.8. The lowest BCUT2D eigenvalue weighted by Crippen LogP contribution is -2.32. The van der Waals surface area contributed by atoms with Crippen LogP contribution >= 0.6 is 27.7 Å². The first-order chi connectivity index (χ1) is 21.3. The van der Waals surface area contributed by atoms with Crippen LogP contribution in [0.15, 0.2) is 53.3 Å². The molecule has 2 aromatic carbocycles. The summed E-state index contributed by atoms with van der Waals surface area (Å²) in [6, 6.07) is 6.58. The van der Waals surface area contributed by atoms with Crippen LogP contribution in [0.1, 0.15) is 67.8 Å². The lowest BCUT2D eigenvalue weighted by Gasteiger charge is -2.34. The molecule has 5 nitrogen and oxygen atoms in total. The van der Waals surface area contributed by atoms with Crippen molar-refractivity contribution < 1.29 is 31.1 Å². The van der Waals surface area contributed by atoms with Gasteiger partial charge in [0.05, 0.1) is 36.2 Å². The van der Waals surface area contributed by atoms with Crippen molar-refractivity contribution in [3.63, 3.8) is 0 Å². The minimum atomic E-state index is -4.97. The maximum Gasteiger partial charge on any atom is 0.416 e. The number of ether oxygens (including phenoxy) is 1. The number of rotatable bonds is 13. The lowest BCUT2D eigenvalue weighted by molar-refractivity contribution is -0.143. The van der Waals surface area contributed by atoms with Crippen molar-refractivity contribution in [3.8, 4) is 5.75 Å². The molecule has 45 heavy (non-hydrogen) atoms. The molecule has 1 aliphatic rings. The fourth-order valence-electron chi connectivity index (χ4n) is 5.63. The Morgan fingerprint density at radius 1 is 0.978 bits per heavy atom. The highest BCUT2D eigenvalue weighted by atomic mass is 79.9. The Morgan fingerprint density at radius 3 is 2.16 bits per heavy atom. The highest BCUT2D eigenvalue weighted by Gasteiger charge is 2.38. The molecule has 246 valence electrons. The number of halogens is 7. The molecule has 1 aromatic heterocycles. The van der Waals surface area contributed by atoms with Gasteiger partial charge in [0.1, 0.15) is 0 Å². The molecule has 1 fully saturated rings. The van der Waals surface area contributed by atoms with Gasteiger partial charge < -0.3 is 14.5 Å². The van der Waals surface area contributed by atoms with Gasteiger partial charge in [-0.1, -0.05) is 28.8 Å². The van der Waals surface area contributed by atoms with E-state index in [2.05, 4.69) is 37.7 Å². The molecule has 0 saturated heterocycles. The lowest BCUT2D eigenvalue weighted by atomic mass is 9.98. The summed E-state index contributed by atoms with van der Waals surface area (Å²) in [7, 11) is 0. The molecular weight excluding hydrogens is 682 g/mol. The Bertz CT molecular complexity index is 1370. The largest absolute Gasteiger partial charge is 0.489 e. The smallest absolute Gasteiger partial charge is 0.416 e. The molecule has 1 atom stereocenters. The highest BCUT2D eigenvalue weighted by Crippen LogP contribution is 2.40. The Morgan fingerprint density at radius 2 is 1.60 bits per heavy atom. The summed E-state index contributed by atoms with van der Waals surface area (Å²) in [4.78, 5) is 12.8. The van der Waals surface area contributed by atoms with E-state index in [1.165, 1.54) is 25.2 Å². The number of hydrogen-bond acceptors (Lipinski definition) is 6. The van der Waals surface area contributed by atoms with Crippen molar-refractivity contribution in [2.24, 2.45) is 5.92 Å². The first kappa shape index (κ1) is 35.2. The molecule has 0 radical (unpaired) electrons. The SMILES string of the molecule is CCN(CC1CCCC1)c1ccc(Br)cc1CN(c1ncc(OCCSC)cn1)C(C)c1cc(C(F)(F)F)cc(C(F)(F)F)c1. The molecule has 0 N–H and O–H groups in total. The predicted octanol–water partition coefficient (Wildman–Crippen LogP) is 9.80. The van der Waals surface area contributed by atoms with E-state index < -0.39 is 29.5 Å². The second-order valence-corrected chi connectivity index (χ2v) is 13.1. The molecule has 0 aliphatic heterocycles. The minimum absolute atomic E-state index is 0.126. The van der Waals surface area contributed by atoms with Crippen LogP contribution in [-0.4, -0.2) is 41.7 Å². The molecule has 1 saturated carbocycles. The van der Waals surface area contributed by atoms with Gasteiger partial charge in [0, 0.05) is 35.5 Å². The van der Waals surface area contributed by atoms with Gasteiger partial charge in [0.15, 0.2) is 5.75 Å². The molecule has 0 bridgehead atoms. The van der Waals surface area contributed by atoms with Crippen LogP contribution in [0.2, 0.25) is 0 Å². The number of aromatic nitrogens is 2. The first-order valence-electron chi connectivity index (χ1n) is 14.8. The molecule has 13 heteroatoms. The van der Waals surface area contributed by atoms with Gasteiger partial charge in [0.2, 0.25) is 5.95 Å². The number of anilines is 2. The molecule has 1 unspecified atom stereocenters. The Kier molecular flexibility index (Phi) is 11.9. The summed E-state index contributed by atoms with van der Waals surface area (Å²) in [5.41, 5.74) is -1.11. The van der Waals surface area contributed by atoms with Crippen LogP contribution in [0, 0.1) is 5.92 Å². The van der Waals surface area contributed by atoms with E-state index in [-0.39, 0.29) is 24.1 Å². The van der Waals surface area contributed by atoms with Crippen LogP contribution in [0.3, 0.4) is 0 Å². The van der Waals surface area contributed by atoms with Gasteiger partial charge >= 0.3 is 12.4 Å². The maximum absolute atomic E-state index is 13.8. The number of thioether (sulfide) groups is 1. The predicted molar refractivity (Wildman–Crippen MR) is 171 cm³/mol. The zero-order valence-electron chi connectivity index (χ0n) is 25.4. The minimum Gasteiger partial charge on any atom is -0.489 e. The highest BCUT2D eigenvalue weighted by molar-refractivity contribution is 9.10. The molecule has 1 heterocycles. The van der Waals surface area contributed by atoms with Crippen LogP contribution in [0.5, 0.6) is 5.75 Å². The number of alkyl halides is 6. The van der Waals surface area contributed by atoms with E-state index in [4.69, 9.17) is 4.74 Å². The van der Waals surface area contributed by atoms with Crippen LogP contribution in [0.25, 0.3) is 0 Å². The normalized spacial score (nSPS) is 14.9. The maximum atomic E-state index is 13.8. The van der Waals surface area contributed by atoms with E-state index in [1.54, 1.807) is 23.6 Å². The van der Waals surface area contributed by atoms with E-state index >= 15 is 0 Å². The van der Waals surface area contributed by atoms with Gasteiger partial charge in [-0.2, -0.15) is 38.1 Å². The fourth-order valence-corrected chi connectivity index (χ4v) is 6.29. The molecule has 0 amide bonds. The molecule has 4 rings (SSSR count). The van der Waals surface area contributed by atoms with Crippen LogP contribution in [0.4, 0.5) is 38.0 Å². The van der Waals surface area contributed by atoms with E-state index in [1.807, 2.05) is 24.5 Å². The van der Waals surface area contributed by atoms with E-state index in [0.717, 1.165) is 59.5 Å². The standard InChI is InChI=1S/C32H37BrF6N4OS/c1-4-42(19-22-7-5-6-8-22)29-10-9-27(33)15-24(29)20-43(30-40-17-28(18-41-30)44-11-12-45-3)21(2)23-13-25(31(34,35)36)16-26(14-23)32(37,38)39/h9-10,13-18,21-22H,4-8,11-12,19-20H2,1-3H3. The van der Waals surface area contributed by atoms with Crippen molar-refractivity contribution >= 4 is 39.3 Å². The molecular formula is C32H37BrF6N4OS. The number of hydrogen-bond donors (Lipinski definition) is 0. The van der Waals surface area contributed by atoms with Crippen molar-refractivity contribution in [2.45, 2.75) is 64.5 Å². The quantitative estimate of drug-likeness (QED) is 0.130.